The van der Waals surface area contributed by atoms with Crippen LogP contribution in [-0.4, -0.2) is 66.5 Å². The molecule has 0 spiro atoms. The lowest BCUT2D eigenvalue weighted by atomic mass is 9.77. The number of hydrogen-bond acceptors (Lipinski definition) is 12. The van der Waals surface area contributed by atoms with Crippen molar-refractivity contribution in [3.05, 3.63) is 214 Å². The van der Waals surface area contributed by atoms with Crippen molar-refractivity contribution in [2.24, 2.45) is 5.16 Å². The average molecular weight is 1040 g/mol. The molecule has 3 heterocycles. The van der Waals surface area contributed by atoms with Gasteiger partial charge in [-0.15, -0.1) is 23.1 Å². The van der Waals surface area contributed by atoms with Gasteiger partial charge in [0, 0.05) is 15.6 Å². The number of anilines is 1. The fraction of sp³-hybridized carbons (Fsp3) is 0.192. The van der Waals surface area contributed by atoms with Crippen LogP contribution in [0.1, 0.15) is 60.4 Å². The highest BCUT2D eigenvalue weighted by molar-refractivity contribution is 14.1. The maximum absolute atomic E-state index is 14.5. The van der Waals surface area contributed by atoms with Gasteiger partial charge in [-0.2, -0.15) is 0 Å². The first-order valence-electron chi connectivity index (χ1n) is 21.3. The van der Waals surface area contributed by atoms with Gasteiger partial charge in [-0.3, -0.25) is 14.5 Å². The van der Waals surface area contributed by atoms with E-state index in [-0.39, 0.29) is 17.1 Å². The Labute approximate surface area is 410 Å². The number of carbonyl (C=O) groups is 4. The Hall–Kier alpha value is -6.56. The van der Waals surface area contributed by atoms with E-state index >= 15 is 0 Å². The number of alkyl halides is 1. The Morgan fingerprint density at radius 2 is 1.33 bits per heavy atom. The van der Waals surface area contributed by atoms with Crippen molar-refractivity contribution in [3.8, 4) is 0 Å². The fourth-order valence-corrected chi connectivity index (χ4v) is 10.9. The number of thiazole rings is 1. The Morgan fingerprint density at radius 1 is 0.821 bits per heavy atom. The summed E-state index contributed by atoms with van der Waals surface area (Å²) >= 11 is 4.83. The van der Waals surface area contributed by atoms with Gasteiger partial charge in [0.25, 0.3) is 11.8 Å². The summed E-state index contributed by atoms with van der Waals surface area (Å²) in [4.78, 5) is 67.7. The van der Waals surface area contributed by atoms with Crippen molar-refractivity contribution < 1.29 is 33.5 Å². The van der Waals surface area contributed by atoms with E-state index in [4.69, 9.17) is 19.3 Å². The second kappa shape index (κ2) is 20.5. The maximum Gasteiger partial charge on any atom is 0.376 e. The van der Waals surface area contributed by atoms with E-state index in [1.165, 1.54) is 28.0 Å². The number of hydrogen-bond donors (Lipinski definition) is 2. The molecule has 5 aromatic carbocycles. The van der Waals surface area contributed by atoms with Crippen LogP contribution in [0.25, 0.3) is 0 Å². The minimum Gasteiger partial charge on any atom is -0.454 e. The first kappa shape index (κ1) is 47.0. The summed E-state index contributed by atoms with van der Waals surface area (Å²) in [6.45, 7) is 8.78. The normalized spacial score (nSPS) is 16.1. The van der Waals surface area contributed by atoms with Gasteiger partial charge in [0.1, 0.15) is 33.9 Å². The van der Waals surface area contributed by atoms with Crippen LogP contribution in [0.3, 0.4) is 0 Å². The number of oxime groups is 1. The summed E-state index contributed by atoms with van der Waals surface area (Å²) in [6.07, 6.45) is -0.734. The topological polar surface area (TPSA) is 149 Å². The molecule has 2 aliphatic rings. The molecule has 2 N–H and O–H groups in total. The molecule has 1 fully saturated rings. The minimum absolute atomic E-state index is 0.0919. The second-order valence-corrected chi connectivity index (χ2v) is 19.2. The average Bonchev–Trinajstić information content (AvgIpc) is 3.82. The van der Waals surface area contributed by atoms with Gasteiger partial charge in [0.15, 0.2) is 16.9 Å². The lowest BCUT2D eigenvalue weighted by Crippen LogP contribution is -2.71. The fourth-order valence-electron chi connectivity index (χ4n) is 7.79. The Balaban J connectivity index is 1.09. The van der Waals surface area contributed by atoms with E-state index in [1.807, 2.05) is 152 Å². The number of nitrogens with zero attached hydrogens (tertiary/aromatic N) is 3. The lowest BCUT2D eigenvalue weighted by Gasteiger charge is -2.49. The number of esters is 2. The van der Waals surface area contributed by atoms with Crippen LogP contribution >= 0.6 is 45.7 Å². The summed E-state index contributed by atoms with van der Waals surface area (Å²) in [5.74, 6) is -2.89. The molecule has 67 heavy (non-hydrogen) atoms. The highest BCUT2D eigenvalue weighted by atomic mass is 127. The van der Waals surface area contributed by atoms with E-state index in [0.717, 1.165) is 33.4 Å². The zero-order chi connectivity index (χ0) is 47.1. The van der Waals surface area contributed by atoms with Gasteiger partial charge in [-0.1, -0.05) is 179 Å². The smallest absolute Gasteiger partial charge is 0.376 e. The number of carbonyl (C=O) groups excluding carboxylic acids is 4. The molecule has 2 aliphatic heterocycles. The molecule has 2 atom stereocenters. The van der Waals surface area contributed by atoms with Gasteiger partial charge in [0.2, 0.25) is 5.76 Å². The number of β-lactam (4-membered cyclic amide) rings is 1. The SMILES string of the molecule is C=C(O/N=C(\C(=O)NC1C(=O)N2C(C(=O)OC(c3ccccc3)c3ccccc3)=C(CI)CSC12)c1csc(NC(c2ccccc2)(c2ccccc2)c2ccccc2)n1)C(=O)OC(C)(C)C. The number of ether oxygens (including phenoxy) is 2. The van der Waals surface area contributed by atoms with Crippen molar-refractivity contribution in [1.82, 2.24) is 15.2 Å². The van der Waals surface area contributed by atoms with E-state index in [2.05, 4.69) is 45.0 Å². The molecular formula is C52H46IN5O7S2. The van der Waals surface area contributed by atoms with Crippen LogP contribution in [0.2, 0.25) is 0 Å². The van der Waals surface area contributed by atoms with E-state index in [0.29, 0.717) is 15.3 Å². The predicted octanol–water partition coefficient (Wildman–Crippen LogP) is 9.54. The third-order valence-electron chi connectivity index (χ3n) is 10.9. The monoisotopic (exact) mass is 1040 g/mol. The van der Waals surface area contributed by atoms with Crippen LogP contribution in [0.5, 0.6) is 0 Å². The summed E-state index contributed by atoms with van der Waals surface area (Å²) in [7, 11) is 0. The van der Waals surface area contributed by atoms with Crippen LogP contribution in [0, 0.1) is 0 Å². The van der Waals surface area contributed by atoms with Crippen LogP contribution in [-0.2, 0) is 39.0 Å². The number of halogens is 1. The van der Waals surface area contributed by atoms with Gasteiger partial charge in [-0.25, -0.2) is 14.6 Å². The van der Waals surface area contributed by atoms with Gasteiger partial charge in [-0.05, 0) is 60.7 Å². The highest BCUT2D eigenvalue weighted by Crippen LogP contribution is 2.43. The number of amides is 2. The third kappa shape index (κ3) is 10.2. The highest BCUT2D eigenvalue weighted by Gasteiger charge is 2.55. The number of aromatic nitrogens is 1. The standard InChI is InChI=1S/C52H46IN5O7S2/c1-33(48(61)64-51(2,3)4)65-57-41(40-32-67-50(54-40)56-52(37-24-14-7-15-25-37,38-26-16-8-17-27-38)39-28-18-9-19-29-39)45(59)55-42-46(60)58-43(36(30-53)31-66-47(42)58)49(62)63-44(34-20-10-5-11-21-34)35-22-12-6-13-23-35/h5-29,32,42,44,47H,1,30-31H2,2-4H3,(H,54,56)(H,55,59)/b57-41-. The van der Waals surface area contributed by atoms with E-state index in [1.54, 1.807) is 26.2 Å². The van der Waals surface area contributed by atoms with E-state index < -0.39 is 58.2 Å². The predicted molar refractivity (Wildman–Crippen MR) is 269 cm³/mol. The maximum atomic E-state index is 14.5. The summed E-state index contributed by atoms with van der Waals surface area (Å²) < 4.78 is 12.1. The number of fused-ring (bicyclic) bond motifs is 1. The molecule has 12 nitrogen and oxygen atoms in total. The molecule has 2 unspecified atom stereocenters. The molecule has 1 aromatic heterocycles. The van der Waals surface area contributed by atoms with Crippen molar-refractivity contribution in [2.75, 3.05) is 15.5 Å². The van der Waals surface area contributed by atoms with Crippen LogP contribution in [0.15, 0.2) is 186 Å². The molecule has 2 amide bonds. The molecule has 340 valence electrons. The van der Waals surface area contributed by atoms with Gasteiger partial charge < -0.3 is 24.9 Å². The molecule has 0 bridgehead atoms. The van der Waals surface area contributed by atoms with Gasteiger partial charge >= 0.3 is 11.9 Å². The quantitative estimate of drug-likeness (QED) is 0.0111. The number of thioether (sulfide) groups is 1. The number of rotatable bonds is 16. The molecule has 1 saturated heterocycles. The Bertz CT molecular complexity index is 2680. The third-order valence-corrected chi connectivity index (χ3v) is 13.9. The van der Waals surface area contributed by atoms with Crippen molar-refractivity contribution in [1.29, 1.82) is 0 Å². The Morgan fingerprint density at radius 3 is 1.82 bits per heavy atom. The Kier molecular flexibility index (Phi) is 14.4. The first-order valence-corrected chi connectivity index (χ1v) is 24.8. The molecule has 0 aliphatic carbocycles. The summed E-state index contributed by atoms with van der Waals surface area (Å²) in [5, 5.41) is 12.1. The minimum atomic E-state index is -1.06. The lowest BCUT2D eigenvalue weighted by molar-refractivity contribution is -0.154. The van der Waals surface area contributed by atoms with Crippen molar-refractivity contribution in [3.63, 3.8) is 0 Å². The summed E-state index contributed by atoms with van der Waals surface area (Å²) in [5.41, 5.74) is 3.21. The summed E-state index contributed by atoms with van der Waals surface area (Å²) in [6, 6.07) is 47.7. The largest absolute Gasteiger partial charge is 0.454 e. The molecule has 15 heteroatoms. The van der Waals surface area contributed by atoms with E-state index in [9.17, 15) is 19.2 Å². The zero-order valence-electron chi connectivity index (χ0n) is 36.8. The molecule has 8 rings (SSSR count). The molecule has 0 radical (unpaired) electrons. The molecule has 0 saturated carbocycles. The van der Waals surface area contributed by atoms with Crippen molar-refractivity contribution in [2.45, 2.75) is 49.4 Å². The molecule has 6 aromatic rings. The second-order valence-electron chi connectivity index (χ2n) is 16.5. The van der Waals surface area contributed by atoms with Crippen LogP contribution < -0.4 is 10.6 Å². The number of nitrogens with one attached hydrogen (secondary N) is 2. The molecular weight excluding hydrogens is 998 g/mol. The van der Waals surface area contributed by atoms with Gasteiger partial charge in [0.05, 0.1) is 0 Å². The van der Waals surface area contributed by atoms with Crippen LogP contribution in [0.4, 0.5) is 5.13 Å². The first-order chi connectivity index (χ1) is 32.4. The zero-order valence-corrected chi connectivity index (χ0v) is 40.5. The van der Waals surface area contributed by atoms with Crippen molar-refractivity contribution >= 4 is 80.3 Å². The number of benzene rings is 5.